The van der Waals surface area contributed by atoms with E-state index in [0.29, 0.717) is 29.2 Å². The maximum atomic E-state index is 13.5. The van der Waals surface area contributed by atoms with Crippen LogP contribution in [0.15, 0.2) is 88.3 Å². The van der Waals surface area contributed by atoms with Gasteiger partial charge in [0.15, 0.2) is 0 Å². The third-order valence-corrected chi connectivity index (χ3v) is 5.56. The van der Waals surface area contributed by atoms with Gasteiger partial charge in [0.1, 0.15) is 18.1 Å². The summed E-state index contributed by atoms with van der Waals surface area (Å²) in [6, 6.07) is 22.5. The minimum Gasteiger partial charge on any atom is -0.492 e. The van der Waals surface area contributed by atoms with Gasteiger partial charge in [0.25, 0.3) is 5.56 Å². The van der Waals surface area contributed by atoms with Gasteiger partial charge in [0.2, 0.25) is 0 Å². The molecule has 32 heavy (non-hydrogen) atoms. The summed E-state index contributed by atoms with van der Waals surface area (Å²) >= 11 is 3.54. The summed E-state index contributed by atoms with van der Waals surface area (Å²) in [5.41, 5.74) is 3.09. The zero-order valence-electron chi connectivity index (χ0n) is 17.9. The Labute approximate surface area is 195 Å². The number of benzene rings is 2. The molecule has 0 aliphatic carbocycles. The molecule has 0 aliphatic rings. The molecule has 0 saturated heterocycles. The van der Waals surface area contributed by atoms with Crippen LogP contribution >= 0.6 is 15.9 Å². The minimum absolute atomic E-state index is 0.210. The molecule has 4 aromatic rings. The molecule has 0 atom stereocenters. The van der Waals surface area contributed by atoms with Crippen molar-refractivity contribution in [2.24, 2.45) is 0 Å². The number of likely N-dealkylation sites (N-methyl/N-ethyl adjacent to an activating group) is 1. The number of halogens is 1. The molecule has 162 valence electrons. The van der Waals surface area contributed by atoms with Gasteiger partial charge in [-0.25, -0.2) is 0 Å². The van der Waals surface area contributed by atoms with Crippen LogP contribution in [-0.4, -0.2) is 46.9 Å². The SMILES string of the molecule is CN(C)CCOc1ccc(-c2cc(-c3ccccn3)nn(-c3ccccc3Br)c2=O)cc1. The molecule has 6 nitrogen and oxygen atoms in total. The van der Waals surface area contributed by atoms with Gasteiger partial charge in [-0.2, -0.15) is 9.78 Å². The molecule has 0 bridgehead atoms. The lowest BCUT2D eigenvalue weighted by Crippen LogP contribution is -2.23. The molecule has 0 spiro atoms. The Kier molecular flexibility index (Phi) is 6.78. The normalized spacial score (nSPS) is 11.0. The second kappa shape index (κ2) is 9.89. The molecule has 0 saturated carbocycles. The van der Waals surface area contributed by atoms with Crippen LogP contribution in [0.25, 0.3) is 28.2 Å². The van der Waals surface area contributed by atoms with Gasteiger partial charge >= 0.3 is 0 Å². The van der Waals surface area contributed by atoms with Crippen molar-refractivity contribution < 1.29 is 4.74 Å². The molecule has 2 aromatic carbocycles. The molecule has 4 rings (SSSR count). The summed E-state index contributed by atoms with van der Waals surface area (Å²) in [6.45, 7) is 1.43. The molecule has 0 fully saturated rings. The Hall–Kier alpha value is -3.29. The van der Waals surface area contributed by atoms with Crippen LogP contribution in [0.5, 0.6) is 5.75 Å². The highest BCUT2D eigenvalue weighted by Gasteiger charge is 2.15. The molecule has 7 heteroatoms. The summed E-state index contributed by atoms with van der Waals surface area (Å²) in [5.74, 6) is 0.765. The molecule has 0 radical (unpaired) electrons. The predicted molar refractivity (Wildman–Crippen MR) is 130 cm³/mol. The topological polar surface area (TPSA) is 60.2 Å². The van der Waals surface area contributed by atoms with E-state index in [1.54, 1.807) is 12.3 Å². The van der Waals surface area contributed by atoms with E-state index in [9.17, 15) is 4.79 Å². The van der Waals surface area contributed by atoms with E-state index >= 15 is 0 Å². The Morgan fingerprint density at radius 3 is 2.41 bits per heavy atom. The van der Waals surface area contributed by atoms with Crippen molar-refractivity contribution in [3.8, 4) is 34.0 Å². The number of nitrogens with zero attached hydrogens (tertiary/aromatic N) is 4. The zero-order valence-corrected chi connectivity index (χ0v) is 19.5. The van der Waals surface area contributed by atoms with Gasteiger partial charge in [-0.3, -0.25) is 9.78 Å². The second-order valence-electron chi connectivity index (χ2n) is 7.50. The Bertz CT molecular complexity index is 1260. The quantitative estimate of drug-likeness (QED) is 0.376. The van der Waals surface area contributed by atoms with Crippen LogP contribution < -0.4 is 10.3 Å². The summed E-state index contributed by atoms with van der Waals surface area (Å²) < 4.78 is 7.99. The van der Waals surface area contributed by atoms with E-state index in [2.05, 4.69) is 30.9 Å². The second-order valence-corrected chi connectivity index (χ2v) is 8.36. The smallest absolute Gasteiger partial charge is 0.279 e. The van der Waals surface area contributed by atoms with Gasteiger partial charge in [-0.1, -0.05) is 30.3 Å². The number of aromatic nitrogens is 3. The predicted octanol–water partition coefficient (Wildman–Crippen LogP) is 4.66. The van der Waals surface area contributed by atoms with Crippen molar-refractivity contribution >= 4 is 15.9 Å². The molecular formula is C25H23BrN4O2. The van der Waals surface area contributed by atoms with Crippen LogP contribution in [-0.2, 0) is 0 Å². The van der Waals surface area contributed by atoms with E-state index in [1.807, 2.05) is 80.8 Å². The van der Waals surface area contributed by atoms with Gasteiger partial charge in [0, 0.05) is 17.2 Å². The fourth-order valence-corrected chi connectivity index (χ4v) is 3.66. The molecule has 0 amide bonds. The van der Waals surface area contributed by atoms with Gasteiger partial charge < -0.3 is 9.64 Å². The summed E-state index contributed by atoms with van der Waals surface area (Å²) in [7, 11) is 4.01. The highest BCUT2D eigenvalue weighted by molar-refractivity contribution is 9.10. The fourth-order valence-electron chi connectivity index (χ4n) is 3.20. The van der Waals surface area contributed by atoms with Crippen LogP contribution in [0.3, 0.4) is 0 Å². The number of rotatable bonds is 7. The van der Waals surface area contributed by atoms with Gasteiger partial charge in [-0.05, 0) is 78.1 Å². The van der Waals surface area contributed by atoms with Crippen LogP contribution in [0.4, 0.5) is 0 Å². The maximum Gasteiger partial charge on any atom is 0.279 e. The molecule has 2 aromatic heterocycles. The van der Waals surface area contributed by atoms with Crippen molar-refractivity contribution in [3.05, 3.63) is 93.8 Å². The first-order valence-electron chi connectivity index (χ1n) is 10.2. The number of pyridine rings is 1. The molecule has 2 heterocycles. The van der Waals surface area contributed by atoms with Crippen molar-refractivity contribution in [1.82, 2.24) is 19.7 Å². The van der Waals surface area contributed by atoms with E-state index in [0.717, 1.165) is 22.3 Å². The van der Waals surface area contributed by atoms with Gasteiger partial charge in [0.05, 0.1) is 16.9 Å². The van der Waals surface area contributed by atoms with Crippen molar-refractivity contribution in [2.75, 3.05) is 27.2 Å². The lowest BCUT2D eigenvalue weighted by molar-refractivity contribution is 0.261. The van der Waals surface area contributed by atoms with E-state index in [4.69, 9.17) is 4.74 Å². The van der Waals surface area contributed by atoms with Crippen LogP contribution in [0.2, 0.25) is 0 Å². The van der Waals surface area contributed by atoms with Crippen LogP contribution in [0, 0.1) is 0 Å². The Balaban J connectivity index is 1.79. The summed E-state index contributed by atoms with van der Waals surface area (Å²) in [4.78, 5) is 19.9. The average Bonchev–Trinajstić information content (AvgIpc) is 2.81. The highest BCUT2D eigenvalue weighted by atomic mass is 79.9. The summed E-state index contributed by atoms with van der Waals surface area (Å²) in [5, 5.41) is 4.62. The minimum atomic E-state index is -0.210. The molecule has 0 unspecified atom stereocenters. The number of hydrogen-bond donors (Lipinski definition) is 0. The third kappa shape index (κ3) is 4.95. The van der Waals surface area contributed by atoms with E-state index in [-0.39, 0.29) is 5.56 Å². The van der Waals surface area contributed by atoms with Crippen molar-refractivity contribution in [1.29, 1.82) is 0 Å². The number of hydrogen-bond acceptors (Lipinski definition) is 5. The van der Waals surface area contributed by atoms with Crippen LogP contribution in [0.1, 0.15) is 0 Å². The largest absolute Gasteiger partial charge is 0.492 e. The lowest BCUT2D eigenvalue weighted by Gasteiger charge is -2.13. The zero-order chi connectivity index (χ0) is 22.5. The molecular weight excluding hydrogens is 468 g/mol. The third-order valence-electron chi connectivity index (χ3n) is 4.89. The Morgan fingerprint density at radius 2 is 1.72 bits per heavy atom. The number of ether oxygens (including phenoxy) is 1. The Morgan fingerprint density at radius 1 is 0.969 bits per heavy atom. The maximum absolute atomic E-state index is 13.5. The first-order valence-corrected chi connectivity index (χ1v) is 11.0. The van der Waals surface area contributed by atoms with Gasteiger partial charge in [-0.15, -0.1) is 0 Å². The van der Waals surface area contributed by atoms with Crippen molar-refractivity contribution in [2.45, 2.75) is 0 Å². The van der Waals surface area contributed by atoms with Crippen molar-refractivity contribution in [3.63, 3.8) is 0 Å². The van der Waals surface area contributed by atoms with E-state index in [1.165, 1.54) is 4.68 Å². The average molecular weight is 491 g/mol. The lowest BCUT2D eigenvalue weighted by atomic mass is 10.1. The first kappa shape index (κ1) is 21.9. The molecule has 0 aliphatic heterocycles. The summed E-state index contributed by atoms with van der Waals surface area (Å²) in [6.07, 6.45) is 1.71. The first-order chi connectivity index (χ1) is 15.5. The number of para-hydroxylation sites is 1. The van der Waals surface area contributed by atoms with E-state index < -0.39 is 0 Å². The highest BCUT2D eigenvalue weighted by Crippen LogP contribution is 2.25. The monoisotopic (exact) mass is 490 g/mol. The fraction of sp³-hybridized carbons (Fsp3) is 0.160. The molecule has 0 N–H and O–H groups in total. The standard InChI is InChI=1S/C25H23BrN4O2/c1-29(2)15-16-32-19-12-10-18(11-13-19)20-17-23(22-8-5-6-14-27-22)28-30(25(20)31)24-9-4-3-7-21(24)26/h3-14,17H,15-16H2,1-2H3.